The van der Waals surface area contributed by atoms with Crippen LogP contribution in [0.4, 0.5) is 17.1 Å². The first-order chi connectivity index (χ1) is 38.2. The standard InChI is InChI=1S/C58H36N4O5S12/c1-59-53(65)49(77-56(59)68)27-37-15-18-43(71-37)46-24-21-40(74-46)31-3-9-34(10-4-31)62(35-11-5-32(6-12-35)41-22-25-47(75-41)44-19-16-38(72-44)28-50-54(66)60(2)57(69)78-50)36-13-7-33(8-14-36)42-23-26-48(76-42)45-20-17-39(73-45)29-51-55(67)61(30-52(63)64)58(70)79-51/h3-29H,30H2,1-2H3,(H,63,64)/b49-27-,50-28+,51-29+. The average molecular weight is 1250 g/mol. The SMILES string of the molecule is CN1C(=O)/C(=C/c2ccc(-c3ccc(-c4ccc(N(c5ccc(-c6ccc(-c7ccc(/C=C8/SC(=S)N(C)C8=O)s7)s6)cc5)c5ccc(-c6ccc(-c7ccc(/C=C8/SC(=S)N(CC(=O)O)C8=O)s7)s6)cc5)cc4)s3)s2)SC1=S. The number of rotatable bonds is 14. The molecule has 21 heteroatoms. The first-order valence-electron chi connectivity index (χ1n) is 23.8. The fraction of sp³-hybridized carbons (Fsp3) is 0.0517. The topological polar surface area (TPSA) is 101 Å². The molecule has 0 saturated carbocycles. The molecule has 3 fully saturated rings. The lowest BCUT2D eigenvalue weighted by Gasteiger charge is -2.26. The van der Waals surface area contributed by atoms with Crippen LogP contribution in [0, 0.1) is 0 Å². The summed E-state index contributed by atoms with van der Waals surface area (Å²) in [7, 11) is 3.42. The largest absolute Gasteiger partial charge is 0.480 e. The number of aliphatic carboxylic acids is 1. The van der Waals surface area contributed by atoms with E-state index in [1.165, 1.54) is 33.3 Å². The van der Waals surface area contributed by atoms with Crippen molar-refractivity contribution in [3.63, 3.8) is 0 Å². The second-order valence-corrected chi connectivity index (χ2v) is 29.3. The van der Waals surface area contributed by atoms with Gasteiger partial charge >= 0.3 is 5.97 Å². The van der Waals surface area contributed by atoms with Crippen molar-refractivity contribution in [3.8, 4) is 60.6 Å². The van der Waals surface area contributed by atoms with E-state index in [0.29, 0.717) is 23.4 Å². The van der Waals surface area contributed by atoms with E-state index in [1.54, 1.807) is 88.2 Å². The van der Waals surface area contributed by atoms with Crippen molar-refractivity contribution in [2.45, 2.75) is 0 Å². The van der Waals surface area contributed by atoms with Crippen LogP contribution in [0.15, 0.2) is 160 Å². The van der Waals surface area contributed by atoms with Crippen molar-refractivity contribution in [2.24, 2.45) is 0 Å². The molecule has 3 amide bonds. The van der Waals surface area contributed by atoms with Gasteiger partial charge in [-0.25, -0.2) is 0 Å². The second-order valence-electron chi connectivity index (χ2n) is 17.7. The van der Waals surface area contributed by atoms with Gasteiger partial charge < -0.3 is 10.0 Å². The number of carbonyl (C=O) groups excluding carboxylic acids is 3. The molecule has 0 unspecified atom stereocenters. The highest BCUT2D eigenvalue weighted by atomic mass is 32.2. The number of amides is 3. The van der Waals surface area contributed by atoms with Crippen LogP contribution in [0.25, 0.3) is 78.8 Å². The molecule has 0 aliphatic carbocycles. The molecule has 390 valence electrons. The molecule has 9 nitrogen and oxygen atoms in total. The van der Waals surface area contributed by atoms with E-state index in [-0.39, 0.29) is 16.1 Å². The highest BCUT2D eigenvalue weighted by molar-refractivity contribution is 8.27. The Hall–Kier alpha value is -5.92. The van der Waals surface area contributed by atoms with Crippen molar-refractivity contribution < 1.29 is 24.3 Å². The Balaban J connectivity index is 0.799. The van der Waals surface area contributed by atoms with E-state index >= 15 is 0 Å². The Labute approximate surface area is 506 Å². The number of anilines is 3. The van der Waals surface area contributed by atoms with E-state index in [2.05, 4.69) is 138 Å². The van der Waals surface area contributed by atoms with E-state index in [9.17, 15) is 24.3 Å². The fourth-order valence-corrected chi connectivity index (χ4v) is 18.6. The second kappa shape index (κ2) is 22.6. The Morgan fingerprint density at radius 2 is 0.709 bits per heavy atom. The lowest BCUT2D eigenvalue weighted by Crippen LogP contribution is -2.33. The number of nitrogens with zero attached hydrogens (tertiary/aromatic N) is 4. The van der Waals surface area contributed by atoms with Crippen LogP contribution in [0.1, 0.15) is 14.6 Å². The van der Waals surface area contributed by atoms with Gasteiger partial charge in [0.25, 0.3) is 17.7 Å². The van der Waals surface area contributed by atoms with Gasteiger partial charge in [0.05, 0.1) is 14.7 Å². The molecule has 9 heterocycles. The van der Waals surface area contributed by atoms with Crippen LogP contribution in [0.2, 0.25) is 0 Å². The third-order valence-corrected chi connectivity index (χ3v) is 24.1. The number of carbonyl (C=O) groups is 4. The Morgan fingerprint density at radius 1 is 0.418 bits per heavy atom. The van der Waals surface area contributed by atoms with Crippen molar-refractivity contribution in [1.29, 1.82) is 0 Å². The fourth-order valence-electron chi connectivity index (χ4n) is 8.59. The molecular formula is C58H36N4O5S12. The Morgan fingerprint density at radius 3 is 1.03 bits per heavy atom. The minimum atomic E-state index is -1.11. The summed E-state index contributed by atoms with van der Waals surface area (Å²) < 4.78 is 1.38. The zero-order valence-corrected chi connectivity index (χ0v) is 50.9. The number of hydrogen-bond donors (Lipinski definition) is 1. The molecule has 6 aromatic heterocycles. The van der Waals surface area contributed by atoms with E-state index in [4.69, 9.17) is 36.7 Å². The molecule has 3 aliphatic heterocycles. The van der Waals surface area contributed by atoms with Crippen LogP contribution in [0.5, 0.6) is 0 Å². The van der Waals surface area contributed by atoms with Gasteiger partial charge in [-0.3, -0.25) is 33.9 Å². The van der Waals surface area contributed by atoms with Gasteiger partial charge in [-0.2, -0.15) is 0 Å². The monoisotopic (exact) mass is 1250 g/mol. The number of thiocarbonyl (C=S) groups is 3. The summed E-state index contributed by atoms with van der Waals surface area (Å²) in [6.45, 7) is -0.456. The molecule has 0 spiro atoms. The molecular weight excluding hydrogens is 1220 g/mol. The van der Waals surface area contributed by atoms with Crippen LogP contribution in [0.3, 0.4) is 0 Å². The molecule has 0 bridgehead atoms. The number of carboxylic acids is 1. The van der Waals surface area contributed by atoms with Crippen LogP contribution < -0.4 is 4.90 Å². The highest BCUT2D eigenvalue weighted by Gasteiger charge is 2.34. The summed E-state index contributed by atoms with van der Waals surface area (Å²) in [6, 6.07) is 51.3. The summed E-state index contributed by atoms with van der Waals surface area (Å²) in [6.07, 6.45) is 5.63. The first-order valence-corrected chi connectivity index (χ1v) is 32.4. The number of carboxylic acid groups (broad SMARTS) is 1. The molecule has 3 saturated heterocycles. The molecule has 79 heavy (non-hydrogen) atoms. The van der Waals surface area contributed by atoms with Crippen molar-refractivity contribution in [2.75, 3.05) is 25.5 Å². The minimum absolute atomic E-state index is 0.0685. The predicted molar refractivity (Wildman–Crippen MR) is 350 cm³/mol. The van der Waals surface area contributed by atoms with E-state index < -0.39 is 18.4 Å². The maximum absolute atomic E-state index is 12.9. The van der Waals surface area contributed by atoms with E-state index in [0.717, 1.165) is 109 Å². The molecule has 0 radical (unpaired) electrons. The van der Waals surface area contributed by atoms with Gasteiger partial charge in [0, 0.05) is 89.7 Å². The number of thioether (sulfide) groups is 3. The lowest BCUT2D eigenvalue weighted by atomic mass is 10.1. The van der Waals surface area contributed by atoms with Crippen LogP contribution in [-0.2, 0) is 19.2 Å². The number of hydrogen-bond acceptors (Lipinski definition) is 17. The molecule has 3 aliphatic rings. The van der Waals surface area contributed by atoms with Gasteiger partial charge in [0.1, 0.15) is 19.5 Å². The summed E-state index contributed by atoms with van der Waals surface area (Å²) in [5, 5.41) is 9.24. The summed E-state index contributed by atoms with van der Waals surface area (Å²) in [5.74, 6) is -1.64. The maximum Gasteiger partial charge on any atom is 0.323 e. The minimum Gasteiger partial charge on any atom is -0.480 e. The molecule has 3 aromatic carbocycles. The summed E-state index contributed by atoms with van der Waals surface area (Å²) in [5.41, 5.74) is 6.32. The quantitative estimate of drug-likeness (QED) is 0.0829. The van der Waals surface area contributed by atoms with E-state index in [1.807, 2.05) is 24.3 Å². The van der Waals surface area contributed by atoms with Gasteiger partial charge in [-0.1, -0.05) is 108 Å². The first kappa shape index (κ1) is 53.7. The third kappa shape index (κ3) is 11.2. The molecule has 1 N–H and O–H groups in total. The van der Waals surface area contributed by atoms with Gasteiger partial charge in [0.2, 0.25) is 0 Å². The molecule has 9 aromatic rings. The van der Waals surface area contributed by atoms with Gasteiger partial charge in [0.15, 0.2) is 0 Å². The van der Waals surface area contributed by atoms with Crippen molar-refractivity contribution in [1.82, 2.24) is 14.7 Å². The van der Waals surface area contributed by atoms with Crippen LogP contribution in [-0.4, -0.2) is 77.1 Å². The smallest absolute Gasteiger partial charge is 0.323 e. The zero-order chi connectivity index (χ0) is 54.6. The number of benzene rings is 3. The van der Waals surface area contributed by atoms with Gasteiger partial charge in [-0.15, -0.1) is 68.0 Å². The zero-order valence-electron chi connectivity index (χ0n) is 41.1. The maximum atomic E-state index is 12.9. The van der Waals surface area contributed by atoms with Gasteiger partial charge in [-0.05, 0) is 144 Å². The Kier molecular flexibility index (Phi) is 15.3. The molecule has 12 rings (SSSR count). The number of likely N-dealkylation sites (N-methyl/N-ethyl adjacent to an activating group) is 2. The number of thiophene rings is 6. The highest BCUT2D eigenvalue weighted by Crippen LogP contribution is 2.46. The summed E-state index contributed by atoms with van der Waals surface area (Å²) in [4.78, 5) is 70.7. The van der Waals surface area contributed by atoms with Crippen LogP contribution >= 0.6 is 140 Å². The third-order valence-electron chi connectivity index (χ3n) is 12.6. The normalized spacial score (nSPS) is 16.4. The van der Waals surface area contributed by atoms with Crippen molar-refractivity contribution in [3.05, 3.63) is 175 Å². The predicted octanol–water partition coefficient (Wildman–Crippen LogP) is 17.5. The lowest BCUT2D eigenvalue weighted by molar-refractivity contribution is -0.140. The molecule has 0 atom stereocenters. The van der Waals surface area contributed by atoms with Crippen molar-refractivity contribution >= 4 is 212 Å². The average Bonchev–Trinajstić information content (AvgIpc) is 4.34. The Bertz CT molecular complexity index is 3900. The summed E-state index contributed by atoms with van der Waals surface area (Å²) >= 11 is 29.8.